The molecule has 1 saturated heterocycles. The quantitative estimate of drug-likeness (QED) is 0.621. The van der Waals surface area contributed by atoms with Crippen molar-refractivity contribution in [3.05, 3.63) is 0 Å². The minimum absolute atomic E-state index is 0.0262. The van der Waals surface area contributed by atoms with Crippen molar-refractivity contribution in [3.8, 4) is 0 Å². The number of nitrogens with zero attached hydrogens (tertiary/aromatic N) is 1. The summed E-state index contributed by atoms with van der Waals surface area (Å²) in [6.45, 7) is 3.03. The first-order chi connectivity index (χ1) is 8.00. The zero-order valence-corrected chi connectivity index (χ0v) is 10.9. The molecule has 1 atom stereocenters. The second-order valence-corrected chi connectivity index (χ2v) is 6.31. The van der Waals surface area contributed by atoms with E-state index in [1.165, 1.54) is 0 Å². The molecule has 0 aromatic carbocycles. The molecule has 1 heterocycles. The van der Waals surface area contributed by atoms with Crippen molar-refractivity contribution in [1.29, 1.82) is 0 Å². The SMILES string of the molecule is CCN(C(=O)COCCN)C1CCS(=O)(=O)C1. The Morgan fingerprint density at radius 2 is 2.24 bits per heavy atom. The Morgan fingerprint density at radius 1 is 1.53 bits per heavy atom. The summed E-state index contributed by atoms with van der Waals surface area (Å²) in [5.74, 6) is 0.0808. The Balaban J connectivity index is 2.50. The average molecular weight is 264 g/mol. The lowest BCUT2D eigenvalue weighted by molar-refractivity contribution is -0.137. The Kier molecular flexibility index (Phi) is 5.35. The lowest BCUT2D eigenvalue weighted by Gasteiger charge is -2.26. The highest BCUT2D eigenvalue weighted by Gasteiger charge is 2.33. The summed E-state index contributed by atoms with van der Waals surface area (Å²) < 4.78 is 27.8. The van der Waals surface area contributed by atoms with E-state index in [1.807, 2.05) is 6.92 Å². The third-order valence-corrected chi connectivity index (χ3v) is 4.55. The van der Waals surface area contributed by atoms with Crippen LogP contribution in [-0.2, 0) is 19.4 Å². The molecule has 0 bridgehead atoms. The maximum Gasteiger partial charge on any atom is 0.248 e. The largest absolute Gasteiger partial charge is 0.370 e. The van der Waals surface area contributed by atoms with Crippen molar-refractivity contribution in [1.82, 2.24) is 4.90 Å². The number of likely N-dealkylation sites (N-methyl/N-ethyl adjacent to an activating group) is 1. The summed E-state index contributed by atoms with van der Waals surface area (Å²) in [6.07, 6.45) is 0.527. The van der Waals surface area contributed by atoms with Crippen LogP contribution in [-0.4, -0.2) is 63.1 Å². The van der Waals surface area contributed by atoms with Gasteiger partial charge >= 0.3 is 0 Å². The van der Waals surface area contributed by atoms with E-state index in [2.05, 4.69) is 0 Å². The lowest BCUT2D eigenvalue weighted by Crippen LogP contribution is -2.43. The zero-order chi connectivity index (χ0) is 12.9. The smallest absolute Gasteiger partial charge is 0.248 e. The van der Waals surface area contributed by atoms with E-state index < -0.39 is 9.84 Å². The van der Waals surface area contributed by atoms with E-state index in [0.717, 1.165) is 0 Å². The van der Waals surface area contributed by atoms with Crippen LogP contribution in [0.15, 0.2) is 0 Å². The first-order valence-corrected chi connectivity index (χ1v) is 7.60. The van der Waals surface area contributed by atoms with Crippen LogP contribution in [0.4, 0.5) is 0 Å². The maximum atomic E-state index is 11.8. The number of amides is 1. The highest BCUT2D eigenvalue weighted by molar-refractivity contribution is 7.91. The fourth-order valence-electron chi connectivity index (χ4n) is 1.99. The normalized spacial score (nSPS) is 22.6. The number of rotatable bonds is 6. The fourth-order valence-corrected chi connectivity index (χ4v) is 3.72. The van der Waals surface area contributed by atoms with Gasteiger partial charge in [-0.1, -0.05) is 0 Å². The molecule has 1 rings (SSSR count). The van der Waals surface area contributed by atoms with Gasteiger partial charge in [0.1, 0.15) is 6.61 Å². The third kappa shape index (κ3) is 4.25. The van der Waals surface area contributed by atoms with Gasteiger partial charge in [-0.25, -0.2) is 8.42 Å². The third-order valence-electron chi connectivity index (χ3n) is 2.80. The Morgan fingerprint density at radius 3 is 2.71 bits per heavy atom. The number of hydrogen-bond acceptors (Lipinski definition) is 5. The predicted octanol–water partition coefficient (Wildman–Crippen LogP) is -1.00. The van der Waals surface area contributed by atoms with Crippen molar-refractivity contribution in [2.24, 2.45) is 5.73 Å². The first kappa shape index (κ1) is 14.4. The van der Waals surface area contributed by atoms with Gasteiger partial charge in [-0.3, -0.25) is 4.79 Å². The van der Waals surface area contributed by atoms with Crippen molar-refractivity contribution in [2.75, 3.05) is 37.8 Å². The van der Waals surface area contributed by atoms with Gasteiger partial charge < -0.3 is 15.4 Å². The number of hydrogen-bond donors (Lipinski definition) is 1. The van der Waals surface area contributed by atoms with Gasteiger partial charge in [0.25, 0.3) is 0 Å². The van der Waals surface area contributed by atoms with E-state index in [1.54, 1.807) is 4.90 Å². The molecule has 0 radical (unpaired) electrons. The number of nitrogens with two attached hydrogens (primary N) is 1. The molecule has 1 aliphatic heterocycles. The summed E-state index contributed by atoms with van der Waals surface area (Å²) in [4.78, 5) is 13.4. The van der Waals surface area contributed by atoms with E-state index >= 15 is 0 Å². The van der Waals surface area contributed by atoms with Crippen molar-refractivity contribution in [2.45, 2.75) is 19.4 Å². The van der Waals surface area contributed by atoms with Crippen LogP contribution >= 0.6 is 0 Å². The zero-order valence-electron chi connectivity index (χ0n) is 10.1. The Bertz CT molecular complexity index is 355. The van der Waals surface area contributed by atoms with E-state index in [4.69, 9.17) is 10.5 Å². The summed E-state index contributed by atoms with van der Waals surface area (Å²) in [7, 11) is -2.96. The average Bonchev–Trinajstić information content (AvgIpc) is 2.60. The van der Waals surface area contributed by atoms with Crippen LogP contribution in [0.2, 0.25) is 0 Å². The second-order valence-electron chi connectivity index (χ2n) is 4.08. The molecule has 7 heteroatoms. The van der Waals surface area contributed by atoms with Gasteiger partial charge in [0, 0.05) is 19.1 Å². The number of carbonyl (C=O) groups is 1. The van der Waals surface area contributed by atoms with Gasteiger partial charge in [-0.2, -0.15) is 0 Å². The first-order valence-electron chi connectivity index (χ1n) is 5.78. The second kappa shape index (κ2) is 6.32. The molecule has 100 valence electrons. The van der Waals surface area contributed by atoms with Gasteiger partial charge in [-0.05, 0) is 13.3 Å². The van der Waals surface area contributed by atoms with Crippen LogP contribution in [0.5, 0.6) is 0 Å². The van der Waals surface area contributed by atoms with Crippen LogP contribution in [0, 0.1) is 0 Å². The van der Waals surface area contributed by atoms with Gasteiger partial charge in [0.05, 0.1) is 18.1 Å². The molecular formula is C10H20N2O4S. The molecule has 0 spiro atoms. The molecule has 0 aliphatic carbocycles. The molecule has 1 aliphatic rings. The van der Waals surface area contributed by atoms with Gasteiger partial charge in [-0.15, -0.1) is 0 Å². The highest BCUT2D eigenvalue weighted by Crippen LogP contribution is 2.17. The van der Waals surface area contributed by atoms with Crippen molar-refractivity contribution < 1.29 is 17.9 Å². The molecule has 0 aromatic rings. The molecule has 2 N–H and O–H groups in total. The maximum absolute atomic E-state index is 11.8. The van der Waals surface area contributed by atoms with E-state index in [0.29, 0.717) is 26.1 Å². The minimum Gasteiger partial charge on any atom is -0.370 e. The van der Waals surface area contributed by atoms with E-state index in [-0.39, 0.29) is 30.1 Å². The fraction of sp³-hybridized carbons (Fsp3) is 0.900. The Labute approximate surface area is 102 Å². The molecule has 1 amide bonds. The van der Waals surface area contributed by atoms with Crippen LogP contribution in [0.3, 0.4) is 0 Å². The van der Waals surface area contributed by atoms with Crippen molar-refractivity contribution in [3.63, 3.8) is 0 Å². The molecule has 1 unspecified atom stereocenters. The molecular weight excluding hydrogens is 244 g/mol. The van der Waals surface area contributed by atoms with Crippen molar-refractivity contribution >= 4 is 15.7 Å². The van der Waals surface area contributed by atoms with E-state index in [9.17, 15) is 13.2 Å². The molecule has 0 saturated carbocycles. The predicted molar refractivity (Wildman–Crippen MR) is 64.3 cm³/mol. The lowest BCUT2D eigenvalue weighted by atomic mass is 10.2. The number of sulfone groups is 1. The number of ether oxygens (including phenoxy) is 1. The van der Waals surface area contributed by atoms with Crippen LogP contribution in [0.25, 0.3) is 0 Å². The molecule has 6 nitrogen and oxygen atoms in total. The molecule has 0 aromatic heterocycles. The standard InChI is InChI=1S/C10H20N2O4S/c1-2-12(10(13)7-16-5-4-11)9-3-6-17(14,15)8-9/h9H,2-8,11H2,1H3. The molecule has 1 fully saturated rings. The van der Waals surface area contributed by atoms with Gasteiger partial charge in [0.2, 0.25) is 5.91 Å². The topological polar surface area (TPSA) is 89.7 Å². The summed E-state index contributed by atoms with van der Waals surface area (Å²) in [5.41, 5.74) is 5.25. The van der Waals surface area contributed by atoms with Crippen LogP contribution < -0.4 is 5.73 Å². The monoisotopic (exact) mass is 264 g/mol. The van der Waals surface area contributed by atoms with Gasteiger partial charge in [0.15, 0.2) is 9.84 Å². The van der Waals surface area contributed by atoms with Crippen LogP contribution in [0.1, 0.15) is 13.3 Å². The molecule has 17 heavy (non-hydrogen) atoms. The summed E-state index contributed by atoms with van der Waals surface area (Å²) in [5, 5.41) is 0. The number of carbonyl (C=O) groups excluding carboxylic acids is 1. The summed E-state index contributed by atoms with van der Waals surface area (Å²) >= 11 is 0. The highest BCUT2D eigenvalue weighted by atomic mass is 32.2. The summed E-state index contributed by atoms with van der Waals surface area (Å²) in [6, 6.07) is -0.195. The minimum atomic E-state index is -2.96. The Hall–Kier alpha value is -0.660.